The highest BCUT2D eigenvalue weighted by Gasteiger charge is 2.17. The molecule has 1 N–H and O–H groups in total. The number of benzene rings is 1. The lowest BCUT2D eigenvalue weighted by Crippen LogP contribution is -2.03. The molecule has 0 spiro atoms. The van der Waals surface area contributed by atoms with E-state index in [1.54, 1.807) is 20.3 Å². The van der Waals surface area contributed by atoms with Crippen LogP contribution in [0.5, 0.6) is 11.5 Å². The third-order valence-electron chi connectivity index (χ3n) is 3.16. The lowest BCUT2D eigenvalue weighted by Gasteiger charge is -2.16. The molecule has 0 bridgehead atoms. The number of nitrogens with zero attached hydrogens (tertiary/aromatic N) is 1. The molecule has 0 aliphatic carbocycles. The first kappa shape index (κ1) is 14.7. The van der Waals surface area contributed by atoms with Crippen molar-refractivity contribution in [2.45, 2.75) is 20.3 Å². The first-order valence-corrected chi connectivity index (χ1v) is 7.01. The number of hydrogen-bond donors (Lipinski definition) is 1. The number of anilines is 1. The second-order valence-corrected chi connectivity index (χ2v) is 4.77. The van der Waals surface area contributed by atoms with Crippen LogP contribution in [-0.4, -0.2) is 25.7 Å². The number of methoxy groups -OCH3 is 2. The summed E-state index contributed by atoms with van der Waals surface area (Å²) in [7, 11) is 3.22. The summed E-state index contributed by atoms with van der Waals surface area (Å²) in [6, 6.07) is 3.77. The Balaban J connectivity index is 2.89. The van der Waals surface area contributed by atoms with E-state index in [4.69, 9.17) is 21.1 Å². The molecule has 0 aliphatic rings. The van der Waals surface area contributed by atoms with Gasteiger partial charge in [-0.25, -0.2) is 4.98 Å². The van der Waals surface area contributed by atoms with Crippen LogP contribution in [-0.2, 0) is 6.42 Å². The monoisotopic (exact) mass is 294 g/mol. The normalized spacial score (nSPS) is 10.7. The predicted molar refractivity (Wildman–Crippen MR) is 83.4 cm³/mol. The molecule has 1 heterocycles. The zero-order valence-electron chi connectivity index (χ0n) is 12.2. The molecular weight excluding hydrogens is 276 g/mol. The second kappa shape index (κ2) is 6.18. The Morgan fingerprint density at radius 2 is 1.95 bits per heavy atom. The lowest BCUT2D eigenvalue weighted by atomic mass is 10.1. The van der Waals surface area contributed by atoms with Gasteiger partial charge in [0.15, 0.2) is 0 Å². The van der Waals surface area contributed by atoms with Crippen molar-refractivity contribution >= 4 is 28.2 Å². The lowest BCUT2D eigenvalue weighted by molar-refractivity contribution is 0.410. The van der Waals surface area contributed by atoms with Crippen molar-refractivity contribution in [3.8, 4) is 11.5 Å². The molecule has 0 saturated carbocycles. The van der Waals surface area contributed by atoms with Crippen LogP contribution < -0.4 is 14.8 Å². The van der Waals surface area contributed by atoms with Crippen LogP contribution in [0.15, 0.2) is 12.1 Å². The molecule has 5 heteroatoms. The molecule has 0 radical (unpaired) electrons. The minimum absolute atomic E-state index is 0.516. The third kappa shape index (κ3) is 2.48. The van der Waals surface area contributed by atoms with Gasteiger partial charge in [-0.2, -0.15) is 0 Å². The van der Waals surface area contributed by atoms with E-state index in [1.807, 2.05) is 13.0 Å². The number of halogens is 1. The maximum atomic E-state index is 6.27. The maximum Gasteiger partial charge on any atom is 0.149 e. The SMILES string of the molecule is CCNc1cc(CC)nc2c(OC)cc(Cl)c(OC)c12. The molecule has 4 nitrogen and oxygen atoms in total. The molecule has 20 heavy (non-hydrogen) atoms. The minimum atomic E-state index is 0.516. The number of aryl methyl sites for hydroxylation is 1. The van der Waals surface area contributed by atoms with Crippen LogP contribution in [0.3, 0.4) is 0 Å². The fourth-order valence-corrected chi connectivity index (χ4v) is 2.51. The van der Waals surface area contributed by atoms with E-state index in [9.17, 15) is 0 Å². The number of fused-ring (bicyclic) bond motifs is 1. The van der Waals surface area contributed by atoms with Gasteiger partial charge in [0.05, 0.1) is 24.6 Å². The van der Waals surface area contributed by atoms with E-state index in [-0.39, 0.29) is 0 Å². The molecule has 0 aliphatic heterocycles. The average Bonchev–Trinajstić information content (AvgIpc) is 2.46. The van der Waals surface area contributed by atoms with Gasteiger partial charge in [-0.1, -0.05) is 18.5 Å². The summed E-state index contributed by atoms with van der Waals surface area (Å²) in [5.74, 6) is 1.27. The fraction of sp³-hybridized carbons (Fsp3) is 0.400. The number of rotatable bonds is 5. The summed E-state index contributed by atoms with van der Waals surface area (Å²) in [5, 5.41) is 4.72. The van der Waals surface area contributed by atoms with Gasteiger partial charge in [0.25, 0.3) is 0 Å². The Morgan fingerprint density at radius 1 is 1.20 bits per heavy atom. The highest BCUT2D eigenvalue weighted by Crippen LogP contribution is 2.42. The molecule has 0 amide bonds. The van der Waals surface area contributed by atoms with Crippen LogP contribution in [0.4, 0.5) is 5.69 Å². The van der Waals surface area contributed by atoms with Crippen LogP contribution in [0.2, 0.25) is 5.02 Å². The van der Waals surface area contributed by atoms with E-state index < -0.39 is 0 Å². The van der Waals surface area contributed by atoms with Gasteiger partial charge in [-0.05, 0) is 19.4 Å². The van der Waals surface area contributed by atoms with Crippen molar-refractivity contribution < 1.29 is 9.47 Å². The summed E-state index contributed by atoms with van der Waals surface area (Å²) < 4.78 is 10.9. The van der Waals surface area contributed by atoms with Crippen molar-refractivity contribution in [2.24, 2.45) is 0 Å². The van der Waals surface area contributed by atoms with Crippen LogP contribution in [0.1, 0.15) is 19.5 Å². The Morgan fingerprint density at radius 3 is 2.50 bits per heavy atom. The van der Waals surface area contributed by atoms with Crippen molar-refractivity contribution in [1.82, 2.24) is 4.98 Å². The van der Waals surface area contributed by atoms with Gasteiger partial charge in [0, 0.05) is 24.0 Å². The van der Waals surface area contributed by atoms with E-state index >= 15 is 0 Å². The number of aromatic nitrogens is 1. The van der Waals surface area contributed by atoms with Crippen molar-refractivity contribution in [3.63, 3.8) is 0 Å². The Bertz CT molecular complexity index is 629. The molecule has 0 unspecified atom stereocenters. The summed E-state index contributed by atoms with van der Waals surface area (Å²) in [6.45, 7) is 4.93. The Kier molecular flexibility index (Phi) is 4.55. The van der Waals surface area contributed by atoms with E-state index in [2.05, 4.69) is 17.2 Å². The van der Waals surface area contributed by atoms with Gasteiger partial charge in [-0.3, -0.25) is 0 Å². The van der Waals surface area contributed by atoms with Gasteiger partial charge in [0.2, 0.25) is 0 Å². The first-order valence-electron chi connectivity index (χ1n) is 6.64. The minimum Gasteiger partial charge on any atom is -0.494 e. The van der Waals surface area contributed by atoms with Crippen molar-refractivity contribution in [1.29, 1.82) is 0 Å². The Hall–Kier alpha value is -1.68. The molecule has 2 rings (SSSR count). The summed E-state index contributed by atoms with van der Waals surface area (Å²) >= 11 is 6.27. The molecular formula is C15H19ClN2O2. The molecule has 1 aromatic carbocycles. The molecule has 0 atom stereocenters. The van der Waals surface area contributed by atoms with E-state index in [1.165, 1.54) is 0 Å². The van der Waals surface area contributed by atoms with Crippen molar-refractivity contribution in [3.05, 3.63) is 22.8 Å². The number of hydrogen-bond acceptors (Lipinski definition) is 4. The zero-order chi connectivity index (χ0) is 14.7. The molecule has 0 fully saturated rings. The summed E-state index contributed by atoms with van der Waals surface area (Å²) in [6.07, 6.45) is 0.850. The predicted octanol–water partition coefficient (Wildman–Crippen LogP) is 3.90. The fourth-order valence-electron chi connectivity index (χ4n) is 2.24. The molecule has 1 aromatic heterocycles. The molecule has 2 aromatic rings. The standard InChI is InChI=1S/C15H19ClN2O2/c1-5-9-7-11(17-6-2)13-14(18-9)12(19-3)8-10(16)15(13)20-4/h7-8H,5-6H2,1-4H3,(H,17,18). The highest BCUT2D eigenvalue weighted by atomic mass is 35.5. The quantitative estimate of drug-likeness (QED) is 0.908. The van der Waals surface area contributed by atoms with Gasteiger partial charge in [0.1, 0.15) is 17.0 Å². The van der Waals surface area contributed by atoms with Gasteiger partial charge in [-0.15, -0.1) is 0 Å². The second-order valence-electron chi connectivity index (χ2n) is 4.36. The topological polar surface area (TPSA) is 43.4 Å². The maximum absolute atomic E-state index is 6.27. The molecule has 108 valence electrons. The van der Waals surface area contributed by atoms with E-state index in [0.717, 1.165) is 35.2 Å². The van der Waals surface area contributed by atoms with Crippen LogP contribution >= 0.6 is 11.6 Å². The highest BCUT2D eigenvalue weighted by molar-refractivity contribution is 6.34. The van der Waals surface area contributed by atoms with Gasteiger partial charge < -0.3 is 14.8 Å². The smallest absolute Gasteiger partial charge is 0.149 e. The first-order chi connectivity index (χ1) is 9.65. The molecule has 0 saturated heterocycles. The van der Waals surface area contributed by atoms with Gasteiger partial charge >= 0.3 is 0 Å². The van der Waals surface area contributed by atoms with Crippen LogP contribution in [0, 0.1) is 0 Å². The number of pyridine rings is 1. The van der Waals surface area contributed by atoms with Crippen LogP contribution in [0.25, 0.3) is 10.9 Å². The third-order valence-corrected chi connectivity index (χ3v) is 3.44. The number of nitrogens with one attached hydrogen (secondary N) is 1. The Labute approximate surface area is 124 Å². The average molecular weight is 295 g/mol. The summed E-state index contributed by atoms with van der Waals surface area (Å²) in [5.41, 5.74) is 2.73. The van der Waals surface area contributed by atoms with Crippen molar-refractivity contribution in [2.75, 3.05) is 26.1 Å². The largest absolute Gasteiger partial charge is 0.494 e. The number of ether oxygens (including phenoxy) is 2. The summed E-state index contributed by atoms with van der Waals surface area (Å²) in [4.78, 5) is 4.65. The zero-order valence-corrected chi connectivity index (χ0v) is 13.0. The van der Waals surface area contributed by atoms with E-state index in [0.29, 0.717) is 16.5 Å².